The third kappa shape index (κ3) is 6.86. The Bertz CT molecular complexity index is 1480. The molecule has 0 spiro atoms. The lowest BCUT2D eigenvalue weighted by Gasteiger charge is -2.37. The van der Waals surface area contributed by atoms with Crippen LogP contribution in [0.25, 0.3) is 10.8 Å². The average Bonchev–Trinajstić information content (AvgIpc) is 2.92. The van der Waals surface area contributed by atoms with E-state index >= 15 is 0 Å². The van der Waals surface area contributed by atoms with Gasteiger partial charge in [-0.3, -0.25) is 9.63 Å². The molecule has 3 aromatic carbocycles. The maximum absolute atomic E-state index is 13.4. The van der Waals surface area contributed by atoms with Gasteiger partial charge in [0.05, 0.1) is 17.0 Å². The lowest BCUT2D eigenvalue weighted by Crippen LogP contribution is -2.50. The number of hydrogen-bond donors (Lipinski definition) is 0. The second kappa shape index (κ2) is 11.8. The Labute approximate surface area is 242 Å². The summed E-state index contributed by atoms with van der Waals surface area (Å²) in [5.41, 5.74) is 3.36. The van der Waals surface area contributed by atoms with Crippen molar-refractivity contribution in [3.63, 3.8) is 0 Å². The number of rotatable bonds is 8. The van der Waals surface area contributed by atoms with Crippen molar-refractivity contribution in [2.24, 2.45) is 5.92 Å². The lowest BCUT2D eigenvalue weighted by atomic mass is 9.83. The quantitative estimate of drug-likeness (QED) is 0.266. The maximum atomic E-state index is 13.4. The van der Waals surface area contributed by atoms with Gasteiger partial charge in [-0.2, -0.15) is 4.31 Å². The van der Waals surface area contributed by atoms with E-state index in [1.54, 1.807) is 22.5 Å². The molecule has 1 saturated heterocycles. The molecule has 40 heavy (non-hydrogen) atoms. The first-order valence-corrected chi connectivity index (χ1v) is 15.8. The number of piperazine rings is 1. The summed E-state index contributed by atoms with van der Waals surface area (Å²) < 4.78 is 28.3. The van der Waals surface area contributed by atoms with Crippen LogP contribution in [0.1, 0.15) is 43.9 Å². The van der Waals surface area contributed by atoms with Crippen molar-refractivity contribution in [3.8, 4) is 0 Å². The standard InChI is InChI=1S/C31H38ClN3O4S/c1-31(2,3)39-34(22-36)21-24-5-7-25-16-23(4-6-26(25)17-24)20-33-12-14-35(15-13-33)40(37,38)30-11-9-27-18-29(32)10-8-28(27)19-30/h5,7-11,17-19,22-23H,4,6,12-16,20-21H2,1-3H3/t23-/m0/s1. The first-order valence-electron chi connectivity index (χ1n) is 13.9. The van der Waals surface area contributed by atoms with Crippen molar-refractivity contribution in [1.82, 2.24) is 14.3 Å². The number of hydrogen-bond acceptors (Lipinski definition) is 5. The molecule has 0 aromatic heterocycles. The van der Waals surface area contributed by atoms with Gasteiger partial charge in [-0.25, -0.2) is 13.5 Å². The first kappa shape index (κ1) is 29.0. The number of amides is 1. The molecule has 0 saturated carbocycles. The zero-order valence-corrected chi connectivity index (χ0v) is 25.0. The molecule has 0 N–H and O–H groups in total. The molecule has 0 bridgehead atoms. The molecule has 0 radical (unpaired) electrons. The van der Waals surface area contributed by atoms with Crippen LogP contribution in [-0.4, -0.2) is 67.4 Å². The molecule has 9 heteroatoms. The predicted molar refractivity (Wildman–Crippen MR) is 159 cm³/mol. The van der Waals surface area contributed by atoms with Gasteiger partial charge in [0.1, 0.15) is 0 Å². The summed E-state index contributed by atoms with van der Waals surface area (Å²) in [7, 11) is -3.55. The Morgan fingerprint density at radius 3 is 2.42 bits per heavy atom. The minimum atomic E-state index is -3.55. The Kier molecular flexibility index (Phi) is 8.55. The van der Waals surface area contributed by atoms with Crippen molar-refractivity contribution in [2.75, 3.05) is 32.7 Å². The van der Waals surface area contributed by atoms with Crippen LogP contribution in [0.15, 0.2) is 59.5 Å². The zero-order chi connectivity index (χ0) is 28.5. The van der Waals surface area contributed by atoms with Crippen LogP contribution in [-0.2, 0) is 39.0 Å². The Hall–Kier alpha value is -2.49. The highest BCUT2D eigenvalue weighted by Crippen LogP contribution is 2.29. The van der Waals surface area contributed by atoms with Gasteiger partial charge in [0.25, 0.3) is 0 Å². The number of benzene rings is 3. The fourth-order valence-corrected chi connectivity index (χ4v) is 7.42. The molecule has 1 atom stereocenters. The molecule has 7 nitrogen and oxygen atoms in total. The Morgan fingerprint density at radius 2 is 1.70 bits per heavy atom. The number of carbonyl (C=O) groups excluding carboxylic acids is 1. The summed E-state index contributed by atoms with van der Waals surface area (Å²) in [5.74, 6) is 0.546. The summed E-state index contributed by atoms with van der Waals surface area (Å²) in [6, 6.07) is 17.2. The number of fused-ring (bicyclic) bond motifs is 2. The van der Waals surface area contributed by atoms with Crippen molar-refractivity contribution >= 4 is 38.8 Å². The highest BCUT2D eigenvalue weighted by Gasteiger charge is 2.30. The fourth-order valence-electron chi connectivity index (χ4n) is 5.78. The van der Waals surface area contributed by atoms with E-state index in [0.717, 1.165) is 61.6 Å². The van der Waals surface area contributed by atoms with Gasteiger partial charge in [-0.15, -0.1) is 0 Å². The predicted octanol–water partition coefficient (Wildman–Crippen LogP) is 5.29. The van der Waals surface area contributed by atoms with E-state index < -0.39 is 15.6 Å². The van der Waals surface area contributed by atoms with Crippen molar-refractivity contribution in [2.45, 2.75) is 57.1 Å². The van der Waals surface area contributed by atoms with Crippen molar-refractivity contribution in [1.29, 1.82) is 0 Å². The molecular formula is C31H38ClN3O4S. The van der Waals surface area contributed by atoms with Crippen LogP contribution in [0.5, 0.6) is 0 Å². The minimum absolute atomic E-state index is 0.334. The van der Waals surface area contributed by atoms with E-state index in [0.29, 0.717) is 35.5 Å². The highest BCUT2D eigenvalue weighted by molar-refractivity contribution is 7.89. The SMILES string of the molecule is CC(C)(C)ON(C=O)Cc1ccc2c(c1)CC[C@H](CN1CCN(S(=O)(=O)c3ccc4cc(Cl)ccc4c3)CC1)C2. The summed E-state index contributed by atoms with van der Waals surface area (Å²) >= 11 is 6.08. The molecule has 5 rings (SSSR count). The van der Waals surface area contributed by atoms with Crippen LogP contribution < -0.4 is 0 Å². The first-order chi connectivity index (χ1) is 19.0. The normalized spacial score (nSPS) is 18.9. The number of sulfonamides is 1. The van der Waals surface area contributed by atoms with Gasteiger partial charge in [-0.05, 0) is 97.7 Å². The van der Waals surface area contributed by atoms with Crippen LogP contribution in [0.3, 0.4) is 0 Å². The maximum Gasteiger partial charge on any atom is 0.243 e. The zero-order valence-electron chi connectivity index (χ0n) is 23.5. The van der Waals surface area contributed by atoms with Gasteiger partial charge in [-0.1, -0.05) is 41.9 Å². The van der Waals surface area contributed by atoms with Gasteiger partial charge in [0, 0.05) is 37.7 Å². The van der Waals surface area contributed by atoms with Gasteiger partial charge >= 0.3 is 0 Å². The van der Waals surface area contributed by atoms with Crippen LogP contribution in [0.4, 0.5) is 0 Å². The summed E-state index contributed by atoms with van der Waals surface area (Å²) in [5, 5.41) is 3.80. The monoisotopic (exact) mass is 583 g/mol. The minimum Gasteiger partial charge on any atom is -0.300 e. The van der Waals surface area contributed by atoms with Gasteiger partial charge in [0.2, 0.25) is 16.4 Å². The third-order valence-corrected chi connectivity index (χ3v) is 9.84. The van der Waals surface area contributed by atoms with E-state index in [1.165, 1.54) is 16.2 Å². The van der Waals surface area contributed by atoms with Crippen LogP contribution in [0.2, 0.25) is 5.02 Å². The molecule has 1 fully saturated rings. The third-order valence-electron chi connectivity index (χ3n) is 7.71. The van der Waals surface area contributed by atoms with Crippen LogP contribution >= 0.6 is 11.6 Å². The summed E-state index contributed by atoms with van der Waals surface area (Å²) in [6.45, 7) is 9.66. The lowest BCUT2D eigenvalue weighted by molar-refractivity contribution is -0.220. The fraction of sp³-hybridized carbons (Fsp3) is 0.452. The van der Waals surface area contributed by atoms with Crippen molar-refractivity contribution < 1.29 is 18.0 Å². The summed E-state index contributed by atoms with van der Waals surface area (Å²) in [6.07, 6.45) is 3.87. The highest BCUT2D eigenvalue weighted by atomic mass is 35.5. The molecule has 0 unspecified atom stereocenters. The van der Waals surface area contributed by atoms with Crippen molar-refractivity contribution in [3.05, 3.63) is 76.3 Å². The molecule has 1 amide bonds. The molecule has 1 aliphatic carbocycles. The molecule has 2 aliphatic rings. The topological polar surface area (TPSA) is 70.2 Å². The number of hydroxylamine groups is 2. The number of aryl methyl sites for hydroxylation is 1. The molecule has 3 aromatic rings. The van der Waals surface area contributed by atoms with E-state index in [9.17, 15) is 13.2 Å². The van der Waals surface area contributed by atoms with Gasteiger partial charge < -0.3 is 4.90 Å². The number of nitrogens with zero attached hydrogens (tertiary/aromatic N) is 3. The Balaban J connectivity index is 1.15. The average molecular weight is 584 g/mol. The van der Waals surface area contributed by atoms with E-state index in [2.05, 4.69) is 23.1 Å². The van der Waals surface area contributed by atoms with E-state index in [-0.39, 0.29) is 0 Å². The number of halogens is 1. The molecule has 214 valence electrons. The summed E-state index contributed by atoms with van der Waals surface area (Å²) in [4.78, 5) is 19.9. The van der Waals surface area contributed by atoms with E-state index in [4.69, 9.17) is 16.4 Å². The van der Waals surface area contributed by atoms with Gasteiger partial charge in [0.15, 0.2) is 0 Å². The molecule has 1 aliphatic heterocycles. The largest absolute Gasteiger partial charge is 0.300 e. The van der Waals surface area contributed by atoms with Crippen LogP contribution in [0, 0.1) is 5.92 Å². The second-order valence-corrected chi connectivity index (χ2v) is 14.3. The smallest absolute Gasteiger partial charge is 0.243 e. The Morgan fingerprint density at radius 1 is 0.975 bits per heavy atom. The number of carbonyl (C=O) groups is 1. The van der Waals surface area contributed by atoms with E-state index in [1.807, 2.05) is 39.0 Å². The second-order valence-electron chi connectivity index (χ2n) is 12.0. The molecular weight excluding hydrogens is 546 g/mol. The molecule has 1 heterocycles.